The molecule has 6 heteroatoms. The van der Waals surface area contributed by atoms with E-state index in [4.69, 9.17) is 9.78 Å². The van der Waals surface area contributed by atoms with Crippen molar-refractivity contribution in [3.05, 3.63) is 47.2 Å². The number of thioether (sulfide) groups is 1. The second-order valence-electron chi connectivity index (χ2n) is 4.17. The molecule has 2 rings (SSSR count). The van der Waals surface area contributed by atoms with Crippen molar-refractivity contribution in [3.8, 4) is 6.07 Å². The van der Waals surface area contributed by atoms with Crippen LogP contribution in [0.1, 0.15) is 16.9 Å². The molecule has 102 valence electrons. The van der Waals surface area contributed by atoms with Gasteiger partial charge in [-0.2, -0.15) is 5.26 Å². The maximum atomic E-state index is 11.7. The molecule has 2 aromatic rings. The van der Waals surface area contributed by atoms with E-state index in [-0.39, 0.29) is 5.91 Å². The SMILES string of the molecule is Cc1cc(NC(=O)CSCc2ccc(C#N)cc2)no1. The molecule has 0 atom stereocenters. The fourth-order valence-corrected chi connectivity index (χ4v) is 2.33. The van der Waals surface area contributed by atoms with Crippen molar-refractivity contribution in [3.63, 3.8) is 0 Å². The van der Waals surface area contributed by atoms with Crippen LogP contribution in [0.2, 0.25) is 0 Å². The number of hydrogen-bond acceptors (Lipinski definition) is 5. The maximum absolute atomic E-state index is 11.7. The number of aryl methyl sites for hydroxylation is 1. The van der Waals surface area contributed by atoms with Gasteiger partial charge in [-0.25, -0.2) is 0 Å². The van der Waals surface area contributed by atoms with Crippen molar-refractivity contribution in [1.82, 2.24) is 5.16 Å². The summed E-state index contributed by atoms with van der Waals surface area (Å²) in [6.45, 7) is 1.77. The van der Waals surface area contributed by atoms with Crippen molar-refractivity contribution in [1.29, 1.82) is 5.26 Å². The highest BCUT2D eigenvalue weighted by Crippen LogP contribution is 2.14. The third-order valence-corrected chi connectivity index (χ3v) is 3.48. The predicted octanol–water partition coefficient (Wildman–Crippen LogP) is 2.73. The lowest BCUT2D eigenvalue weighted by Crippen LogP contribution is -2.14. The van der Waals surface area contributed by atoms with Crippen molar-refractivity contribution in [2.45, 2.75) is 12.7 Å². The fraction of sp³-hybridized carbons (Fsp3) is 0.214. The Morgan fingerprint density at radius 2 is 2.20 bits per heavy atom. The first-order chi connectivity index (χ1) is 9.67. The number of benzene rings is 1. The summed E-state index contributed by atoms with van der Waals surface area (Å²) >= 11 is 1.50. The summed E-state index contributed by atoms with van der Waals surface area (Å²) in [5.41, 5.74) is 1.72. The summed E-state index contributed by atoms with van der Waals surface area (Å²) in [7, 11) is 0. The number of carbonyl (C=O) groups excluding carboxylic acids is 1. The van der Waals surface area contributed by atoms with Gasteiger partial charge in [0.15, 0.2) is 5.82 Å². The van der Waals surface area contributed by atoms with Crippen molar-refractivity contribution < 1.29 is 9.32 Å². The Kier molecular flexibility index (Phi) is 4.80. The Morgan fingerprint density at radius 1 is 1.45 bits per heavy atom. The summed E-state index contributed by atoms with van der Waals surface area (Å²) in [5.74, 6) is 2.04. The minimum absolute atomic E-state index is 0.114. The number of rotatable bonds is 5. The van der Waals surface area contributed by atoms with E-state index < -0.39 is 0 Å². The van der Waals surface area contributed by atoms with Crippen molar-refractivity contribution in [2.24, 2.45) is 0 Å². The molecule has 0 saturated heterocycles. The van der Waals surface area contributed by atoms with Gasteiger partial charge in [0.05, 0.1) is 17.4 Å². The van der Waals surface area contributed by atoms with Crippen LogP contribution < -0.4 is 5.32 Å². The van der Waals surface area contributed by atoms with Gasteiger partial charge in [-0.05, 0) is 24.6 Å². The molecule has 5 nitrogen and oxygen atoms in total. The highest BCUT2D eigenvalue weighted by atomic mass is 32.2. The van der Waals surface area contributed by atoms with Gasteiger partial charge in [0, 0.05) is 11.8 Å². The topological polar surface area (TPSA) is 78.9 Å². The zero-order valence-electron chi connectivity index (χ0n) is 10.9. The molecule has 0 fully saturated rings. The van der Waals surface area contributed by atoms with E-state index in [0.29, 0.717) is 22.9 Å². The minimum atomic E-state index is -0.114. The van der Waals surface area contributed by atoms with Crippen LogP contribution in [0.3, 0.4) is 0 Å². The molecule has 0 spiro atoms. The van der Waals surface area contributed by atoms with Crippen LogP contribution in [0, 0.1) is 18.3 Å². The molecule has 20 heavy (non-hydrogen) atoms. The van der Waals surface area contributed by atoms with Gasteiger partial charge in [-0.1, -0.05) is 17.3 Å². The molecule has 0 saturated carbocycles. The van der Waals surface area contributed by atoms with Gasteiger partial charge >= 0.3 is 0 Å². The number of hydrogen-bond donors (Lipinski definition) is 1. The lowest BCUT2D eigenvalue weighted by atomic mass is 10.2. The number of nitriles is 1. The number of carbonyl (C=O) groups is 1. The molecule has 0 aliphatic carbocycles. The Morgan fingerprint density at radius 3 is 2.80 bits per heavy atom. The summed E-state index contributed by atoms with van der Waals surface area (Å²) in [6, 6.07) is 11.1. The van der Waals surface area contributed by atoms with Crippen molar-refractivity contribution >= 4 is 23.5 Å². The standard InChI is InChI=1S/C14H13N3O2S/c1-10-6-13(17-19-10)16-14(18)9-20-8-12-4-2-11(7-15)3-5-12/h2-6H,8-9H2,1H3,(H,16,17,18). The van der Waals surface area contributed by atoms with E-state index in [1.54, 1.807) is 25.1 Å². The Balaban J connectivity index is 1.75. The molecular weight excluding hydrogens is 274 g/mol. The number of aromatic nitrogens is 1. The van der Waals surface area contributed by atoms with E-state index >= 15 is 0 Å². The van der Waals surface area contributed by atoms with Crippen LogP contribution in [0.15, 0.2) is 34.9 Å². The molecule has 0 bridgehead atoms. The molecule has 1 heterocycles. The third-order valence-electron chi connectivity index (χ3n) is 2.48. The van der Waals surface area contributed by atoms with Crippen molar-refractivity contribution in [2.75, 3.05) is 11.1 Å². The number of nitrogens with zero attached hydrogens (tertiary/aromatic N) is 2. The molecular formula is C14H13N3O2S. The molecule has 1 N–H and O–H groups in total. The second kappa shape index (κ2) is 6.78. The smallest absolute Gasteiger partial charge is 0.235 e. The fourth-order valence-electron chi connectivity index (χ4n) is 1.54. The van der Waals surface area contributed by atoms with Gasteiger partial charge in [0.2, 0.25) is 5.91 Å². The van der Waals surface area contributed by atoms with Gasteiger partial charge < -0.3 is 9.84 Å². The van der Waals surface area contributed by atoms with Crippen LogP contribution in [0.4, 0.5) is 5.82 Å². The summed E-state index contributed by atoms with van der Waals surface area (Å²) in [6.07, 6.45) is 0. The predicted molar refractivity (Wildman–Crippen MR) is 77.2 cm³/mol. The molecule has 1 aromatic heterocycles. The maximum Gasteiger partial charge on any atom is 0.235 e. The molecule has 0 unspecified atom stereocenters. The van der Waals surface area contributed by atoms with E-state index in [1.165, 1.54) is 11.8 Å². The number of anilines is 1. The quantitative estimate of drug-likeness (QED) is 0.914. The number of amides is 1. The largest absolute Gasteiger partial charge is 0.360 e. The average Bonchev–Trinajstić information content (AvgIpc) is 2.85. The molecule has 1 amide bonds. The third kappa shape index (κ3) is 4.14. The zero-order valence-corrected chi connectivity index (χ0v) is 11.7. The second-order valence-corrected chi connectivity index (χ2v) is 5.16. The molecule has 0 aliphatic heterocycles. The molecule has 1 aromatic carbocycles. The van der Waals surface area contributed by atoms with Gasteiger partial charge in [-0.15, -0.1) is 11.8 Å². The van der Waals surface area contributed by atoms with Gasteiger partial charge in [-0.3, -0.25) is 4.79 Å². The van der Waals surface area contributed by atoms with Gasteiger partial charge in [0.1, 0.15) is 5.76 Å². The summed E-state index contributed by atoms with van der Waals surface area (Å²) in [5, 5.41) is 15.1. The van der Waals surface area contributed by atoms with E-state index in [0.717, 1.165) is 11.3 Å². The lowest BCUT2D eigenvalue weighted by molar-refractivity contribution is -0.113. The lowest BCUT2D eigenvalue weighted by Gasteiger charge is -2.02. The Bertz CT molecular complexity index is 629. The van der Waals surface area contributed by atoms with E-state index in [1.807, 2.05) is 12.1 Å². The van der Waals surface area contributed by atoms with Crippen LogP contribution in [-0.4, -0.2) is 16.8 Å². The highest BCUT2D eigenvalue weighted by molar-refractivity contribution is 7.99. The van der Waals surface area contributed by atoms with Crippen LogP contribution in [0.5, 0.6) is 0 Å². The first-order valence-electron chi connectivity index (χ1n) is 5.97. The Labute approximate surface area is 121 Å². The first-order valence-corrected chi connectivity index (χ1v) is 7.13. The zero-order chi connectivity index (χ0) is 14.4. The minimum Gasteiger partial charge on any atom is -0.360 e. The van der Waals surface area contributed by atoms with Gasteiger partial charge in [0.25, 0.3) is 0 Å². The summed E-state index contributed by atoms with van der Waals surface area (Å²) in [4.78, 5) is 11.7. The van der Waals surface area contributed by atoms with Crippen LogP contribution >= 0.6 is 11.8 Å². The van der Waals surface area contributed by atoms with Crippen LogP contribution in [0.25, 0.3) is 0 Å². The van der Waals surface area contributed by atoms with E-state index in [2.05, 4.69) is 16.5 Å². The summed E-state index contributed by atoms with van der Waals surface area (Å²) < 4.78 is 4.86. The van der Waals surface area contributed by atoms with Crippen LogP contribution in [-0.2, 0) is 10.5 Å². The number of nitrogens with one attached hydrogen (secondary N) is 1. The monoisotopic (exact) mass is 287 g/mol. The normalized spacial score (nSPS) is 10.0. The molecule has 0 radical (unpaired) electrons. The van der Waals surface area contributed by atoms with E-state index in [9.17, 15) is 4.79 Å². The Hall–Kier alpha value is -2.26. The first kappa shape index (κ1) is 14.2. The highest BCUT2D eigenvalue weighted by Gasteiger charge is 2.06. The average molecular weight is 287 g/mol. The molecule has 0 aliphatic rings.